The molecule has 0 bridgehead atoms. The molecule has 0 radical (unpaired) electrons. The van der Waals surface area contributed by atoms with Crippen LogP contribution in [0.1, 0.15) is 25.7 Å². The normalized spacial score (nSPS) is 32.9. The molecule has 0 aromatic rings. The zero-order valence-electron chi connectivity index (χ0n) is 5.81. The number of nitrogens with zero attached hydrogens (tertiary/aromatic N) is 1. The van der Waals surface area contributed by atoms with Gasteiger partial charge in [0.25, 0.3) is 0 Å². The zero-order chi connectivity index (χ0) is 7.40. The van der Waals surface area contributed by atoms with Gasteiger partial charge in [0.2, 0.25) is 0 Å². The third kappa shape index (κ3) is 2.13. The minimum Gasteiger partial charge on any atom is -0.242 e. The van der Waals surface area contributed by atoms with E-state index in [0.717, 1.165) is 25.7 Å². The van der Waals surface area contributed by atoms with Gasteiger partial charge in [0.1, 0.15) is 0 Å². The monoisotopic (exact) mass is 158 g/mol. The lowest BCUT2D eigenvalue weighted by atomic mass is 9.96. The van der Waals surface area contributed by atoms with Crippen LogP contribution in [0.15, 0.2) is 4.99 Å². The summed E-state index contributed by atoms with van der Waals surface area (Å²) >= 11 is 5.87. The van der Waals surface area contributed by atoms with Crippen LogP contribution >= 0.6 is 11.6 Å². The highest BCUT2D eigenvalue weighted by Crippen LogP contribution is 2.24. The summed E-state index contributed by atoms with van der Waals surface area (Å²) < 4.78 is 0. The Morgan fingerprint density at radius 1 is 1.30 bits per heavy atom. The highest BCUT2D eigenvalue weighted by atomic mass is 35.5. The maximum atomic E-state index is 6.64. The average Bonchev–Trinajstić information content (AvgIpc) is 1.95. The van der Waals surface area contributed by atoms with Gasteiger partial charge in [0, 0.05) is 5.38 Å². The number of nitrogens with one attached hydrogen (secondary N) is 1. The van der Waals surface area contributed by atoms with E-state index in [-0.39, 0.29) is 0 Å². The lowest BCUT2D eigenvalue weighted by Crippen LogP contribution is -2.16. The van der Waals surface area contributed by atoms with Crippen LogP contribution in [0.3, 0.4) is 0 Å². The second-order valence-corrected chi connectivity index (χ2v) is 3.26. The van der Waals surface area contributed by atoms with Crippen LogP contribution in [-0.4, -0.2) is 17.4 Å². The molecule has 1 aliphatic carbocycles. The van der Waals surface area contributed by atoms with Crippen LogP contribution in [0.2, 0.25) is 0 Å². The summed E-state index contributed by atoms with van der Waals surface area (Å²) in [4.78, 5) is 3.88. The van der Waals surface area contributed by atoms with Gasteiger partial charge in [-0.15, -0.1) is 11.6 Å². The van der Waals surface area contributed by atoms with Crippen molar-refractivity contribution < 1.29 is 0 Å². The first-order valence-electron chi connectivity index (χ1n) is 3.58. The Balaban J connectivity index is 2.32. The Hall–Kier alpha value is -0.330. The van der Waals surface area contributed by atoms with E-state index in [1.54, 1.807) is 0 Å². The SMILES string of the molecule is N=C=NC1CCC(Cl)CC1. The Bertz CT molecular complexity index is 144. The maximum Gasteiger partial charge on any atom is 0.0864 e. The third-order valence-electron chi connectivity index (χ3n) is 1.87. The molecule has 0 saturated heterocycles. The Labute approximate surface area is 65.8 Å². The molecule has 0 aromatic heterocycles. The predicted molar refractivity (Wildman–Crippen MR) is 42.1 cm³/mol. The van der Waals surface area contributed by atoms with Crippen LogP contribution in [0, 0.1) is 5.41 Å². The molecule has 10 heavy (non-hydrogen) atoms. The van der Waals surface area contributed by atoms with Crippen molar-refractivity contribution in [1.29, 1.82) is 5.41 Å². The van der Waals surface area contributed by atoms with E-state index in [1.165, 1.54) is 0 Å². The smallest absolute Gasteiger partial charge is 0.0864 e. The maximum absolute atomic E-state index is 6.64. The zero-order valence-corrected chi connectivity index (χ0v) is 6.56. The Kier molecular flexibility index (Phi) is 2.91. The van der Waals surface area contributed by atoms with Gasteiger partial charge in [0.15, 0.2) is 0 Å². The van der Waals surface area contributed by atoms with Gasteiger partial charge in [-0.2, -0.15) is 0 Å². The van der Waals surface area contributed by atoms with Gasteiger partial charge in [-0.05, 0) is 25.7 Å². The molecule has 0 heterocycles. The van der Waals surface area contributed by atoms with E-state index < -0.39 is 0 Å². The predicted octanol–water partition coefficient (Wildman–Crippen LogP) is 2.29. The summed E-state index contributed by atoms with van der Waals surface area (Å²) in [6.07, 6.45) is 4.13. The first-order valence-corrected chi connectivity index (χ1v) is 4.02. The van der Waals surface area contributed by atoms with Gasteiger partial charge in [-0.1, -0.05) is 0 Å². The van der Waals surface area contributed by atoms with Crippen molar-refractivity contribution in [3.8, 4) is 0 Å². The quantitative estimate of drug-likeness (QED) is 0.449. The van der Waals surface area contributed by atoms with E-state index >= 15 is 0 Å². The molecule has 1 aliphatic rings. The number of alkyl halides is 1. The molecular weight excluding hydrogens is 148 g/mol. The fraction of sp³-hybridized carbons (Fsp3) is 0.857. The van der Waals surface area contributed by atoms with Crippen molar-refractivity contribution in [2.24, 2.45) is 4.99 Å². The average molecular weight is 159 g/mol. The summed E-state index contributed by atoms with van der Waals surface area (Å²) in [6, 6.07) is 2.41. The molecule has 0 aliphatic heterocycles. The minimum atomic E-state index is 0.326. The molecule has 0 aromatic carbocycles. The van der Waals surface area contributed by atoms with Crippen LogP contribution in [0.25, 0.3) is 0 Å². The van der Waals surface area contributed by atoms with Crippen LogP contribution in [0.5, 0.6) is 0 Å². The number of halogens is 1. The van der Waals surface area contributed by atoms with Crippen molar-refractivity contribution in [2.45, 2.75) is 37.1 Å². The molecule has 2 nitrogen and oxygen atoms in total. The van der Waals surface area contributed by atoms with Gasteiger partial charge in [0.05, 0.1) is 12.1 Å². The largest absolute Gasteiger partial charge is 0.242 e. The molecule has 1 saturated carbocycles. The molecule has 1 rings (SSSR count). The first-order chi connectivity index (χ1) is 4.83. The Morgan fingerprint density at radius 3 is 2.40 bits per heavy atom. The third-order valence-corrected chi connectivity index (χ3v) is 2.31. The number of rotatable bonds is 1. The minimum absolute atomic E-state index is 0.326. The van der Waals surface area contributed by atoms with E-state index in [0.29, 0.717) is 11.4 Å². The van der Waals surface area contributed by atoms with E-state index in [2.05, 4.69) is 11.0 Å². The molecule has 1 N–H and O–H groups in total. The van der Waals surface area contributed by atoms with Gasteiger partial charge in [-0.25, -0.2) is 10.4 Å². The van der Waals surface area contributed by atoms with Crippen molar-refractivity contribution in [3.63, 3.8) is 0 Å². The summed E-state index contributed by atoms with van der Waals surface area (Å²) in [7, 11) is 0. The van der Waals surface area contributed by atoms with Gasteiger partial charge in [-0.3, -0.25) is 0 Å². The van der Waals surface area contributed by atoms with Gasteiger partial charge < -0.3 is 0 Å². The fourth-order valence-electron chi connectivity index (χ4n) is 1.26. The van der Waals surface area contributed by atoms with E-state index in [1.807, 2.05) is 0 Å². The lowest BCUT2D eigenvalue weighted by Gasteiger charge is -2.20. The van der Waals surface area contributed by atoms with Crippen molar-refractivity contribution >= 4 is 17.6 Å². The molecule has 1 fully saturated rings. The van der Waals surface area contributed by atoms with Crippen molar-refractivity contribution in [3.05, 3.63) is 0 Å². The van der Waals surface area contributed by atoms with Gasteiger partial charge >= 0.3 is 0 Å². The van der Waals surface area contributed by atoms with Crippen molar-refractivity contribution in [2.75, 3.05) is 0 Å². The lowest BCUT2D eigenvalue weighted by molar-refractivity contribution is 0.450. The van der Waals surface area contributed by atoms with Crippen molar-refractivity contribution in [1.82, 2.24) is 0 Å². The van der Waals surface area contributed by atoms with Crippen LogP contribution in [-0.2, 0) is 0 Å². The molecule has 0 spiro atoms. The molecule has 3 heteroatoms. The summed E-state index contributed by atoms with van der Waals surface area (Å²) in [6.45, 7) is 0. The van der Waals surface area contributed by atoms with Crippen LogP contribution < -0.4 is 0 Å². The standard InChI is InChI=1S/C7H11ClN2/c8-6-1-3-7(4-2-6)10-5-9/h6-7,9H,1-4H2. The topological polar surface area (TPSA) is 36.2 Å². The number of hydrogen-bond donors (Lipinski definition) is 1. The molecule has 0 atom stereocenters. The van der Waals surface area contributed by atoms with Crippen LogP contribution in [0.4, 0.5) is 0 Å². The number of hydrogen-bond acceptors (Lipinski definition) is 2. The highest BCUT2D eigenvalue weighted by molar-refractivity contribution is 6.20. The van der Waals surface area contributed by atoms with E-state index in [9.17, 15) is 0 Å². The van der Waals surface area contributed by atoms with E-state index in [4.69, 9.17) is 17.0 Å². The molecule has 56 valence electrons. The summed E-state index contributed by atoms with van der Waals surface area (Å²) in [5.41, 5.74) is 0. The fourth-order valence-corrected chi connectivity index (χ4v) is 1.51. The molecule has 0 amide bonds. The Morgan fingerprint density at radius 2 is 1.90 bits per heavy atom. The summed E-state index contributed by atoms with van der Waals surface area (Å²) in [5.74, 6) is 0. The number of aliphatic imine (C=N–C) groups is 1. The molecular formula is C7H11ClN2. The molecule has 0 unspecified atom stereocenters. The summed E-state index contributed by atoms with van der Waals surface area (Å²) in [5, 5.41) is 6.98. The first kappa shape index (κ1) is 7.77. The highest BCUT2D eigenvalue weighted by Gasteiger charge is 2.17. The second-order valence-electron chi connectivity index (χ2n) is 2.65. The second kappa shape index (κ2) is 3.75.